The number of carbonyl (C=O) groups excluding carboxylic acids is 1. The summed E-state index contributed by atoms with van der Waals surface area (Å²) in [4.78, 5) is 23.6. The number of aromatic nitrogens is 1. The lowest BCUT2D eigenvalue weighted by Crippen LogP contribution is -2.45. The highest BCUT2D eigenvalue weighted by atomic mass is 35.5. The van der Waals surface area contributed by atoms with Gasteiger partial charge in [-0.3, -0.25) is 5.32 Å². The third kappa shape index (κ3) is 4.13. The van der Waals surface area contributed by atoms with Crippen molar-refractivity contribution in [1.29, 1.82) is 0 Å². The number of carbonyl (C=O) groups is 2. The monoisotopic (exact) mass is 420 g/mol. The zero-order valence-corrected chi connectivity index (χ0v) is 16.9. The molecular formula is C20H21ClN2O6. The number of aliphatic hydroxyl groups is 1. The van der Waals surface area contributed by atoms with Crippen LogP contribution in [0.25, 0.3) is 11.1 Å². The van der Waals surface area contributed by atoms with Crippen LogP contribution in [0.3, 0.4) is 0 Å². The summed E-state index contributed by atoms with van der Waals surface area (Å²) in [5.74, 6) is -1.47. The topological polar surface area (TPSA) is 123 Å². The average molecular weight is 421 g/mol. The average Bonchev–Trinajstić information content (AvgIpc) is 2.94. The lowest BCUT2D eigenvalue weighted by Gasteiger charge is -2.21. The first-order chi connectivity index (χ1) is 13.4. The van der Waals surface area contributed by atoms with Gasteiger partial charge in [-0.25, -0.2) is 9.59 Å². The molecule has 1 aromatic carbocycles. The molecule has 1 unspecified atom stereocenters. The van der Waals surface area contributed by atoms with Crippen molar-refractivity contribution < 1.29 is 29.3 Å². The minimum Gasteiger partial charge on any atom is -0.618 e. The van der Waals surface area contributed by atoms with Gasteiger partial charge in [-0.2, -0.15) is 4.73 Å². The van der Waals surface area contributed by atoms with Crippen LogP contribution in [-0.4, -0.2) is 27.9 Å². The van der Waals surface area contributed by atoms with Crippen LogP contribution in [0.1, 0.15) is 38.4 Å². The third-order valence-electron chi connectivity index (χ3n) is 4.54. The van der Waals surface area contributed by atoms with Crippen LogP contribution in [0.4, 0.5) is 10.5 Å². The van der Waals surface area contributed by atoms with Gasteiger partial charge in [0.2, 0.25) is 11.3 Å². The van der Waals surface area contributed by atoms with E-state index in [2.05, 4.69) is 5.32 Å². The van der Waals surface area contributed by atoms with E-state index in [1.54, 1.807) is 45.0 Å². The Balaban J connectivity index is 2.04. The molecule has 1 aliphatic carbocycles. The van der Waals surface area contributed by atoms with E-state index in [-0.39, 0.29) is 18.5 Å². The number of benzene rings is 1. The summed E-state index contributed by atoms with van der Waals surface area (Å²) in [6.07, 6.45) is 0.618. The predicted octanol–water partition coefficient (Wildman–Crippen LogP) is 3.21. The summed E-state index contributed by atoms with van der Waals surface area (Å²) in [5, 5.41) is 35.3. The number of hydrogen-bond acceptors (Lipinski definition) is 5. The fraction of sp³-hybridized carbons (Fsp3) is 0.350. The SMILES string of the molecule is CC(C)(C)OC(=O)Nc1ccc(Cl)cc1-c1cc2c([n+]([O-])c1)C(O)(C(=O)O)CC2. The Hall–Kier alpha value is -2.84. The molecule has 8 nitrogen and oxygen atoms in total. The number of aliphatic carboxylic acids is 1. The number of carboxylic acid groups (broad SMARTS) is 1. The van der Waals surface area contributed by atoms with E-state index in [4.69, 9.17) is 16.3 Å². The van der Waals surface area contributed by atoms with Crippen molar-refractivity contribution >= 4 is 29.4 Å². The number of carboxylic acids is 1. The van der Waals surface area contributed by atoms with E-state index in [9.17, 15) is 25.0 Å². The van der Waals surface area contributed by atoms with Crippen molar-refractivity contribution in [3.8, 4) is 11.1 Å². The molecule has 1 aliphatic rings. The lowest BCUT2D eigenvalue weighted by atomic mass is 9.99. The highest BCUT2D eigenvalue weighted by Gasteiger charge is 2.51. The Bertz CT molecular complexity index is 1000. The number of hydrogen-bond donors (Lipinski definition) is 3. The van der Waals surface area contributed by atoms with E-state index < -0.39 is 23.3 Å². The summed E-state index contributed by atoms with van der Waals surface area (Å²) < 4.78 is 5.63. The van der Waals surface area contributed by atoms with Crippen LogP contribution in [0.2, 0.25) is 5.02 Å². The van der Waals surface area contributed by atoms with E-state index in [1.807, 2.05) is 0 Å². The Morgan fingerprint density at radius 3 is 2.62 bits per heavy atom. The summed E-state index contributed by atoms with van der Waals surface area (Å²) in [5.41, 5.74) is -1.44. The summed E-state index contributed by atoms with van der Waals surface area (Å²) in [6, 6.07) is 6.36. The molecule has 0 spiro atoms. The van der Waals surface area contributed by atoms with Crippen molar-refractivity contribution in [3.63, 3.8) is 0 Å². The standard InChI is InChI=1S/C20H21ClN2O6/c1-19(2,3)29-18(26)22-15-5-4-13(21)9-14(15)12-8-11-6-7-20(27,17(24)25)16(11)23(28)10-12/h4-5,8-10,27H,6-7H2,1-3H3,(H,22,26)(H,24,25). The third-order valence-corrected chi connectivity index (χ3v) is 4.78. The zero-order chi connectivity index (χ0) is 21.6. The first-order valence-electron chi connectivity index (χ1n) is 8.93. The van der Waals surface area contributed by atoms with Gasteiger partial charge in [-0.05, 0) is 51.5 Å². The molecule has 1 amide bonds. The van der Waals surface area contributed by atoms with Crippen molar-refractivity contribution in [1.82, 2.24) is 0 Å². The molecule has 0 bridgehead atoms. The van der Waals surface area contributed by atoms with Gasteiger partial charge in [0.1, 0.15) is 5.60 Å². The molecule has 0 fully saturated rings. The second kappa shape index (κ2) is 7.20. The van der Waals surface area contributed by atoms with Gasteiger partial charge in [0.25, 0.3) is 0 Å². The quantitative estimate of drug-likeness (QED) is 0.517. The maximum Gasteiger partial charge on any atom is 0.412 e. The zero-order valence-electron chi connectivity index (χ0n) is 16.2. The maximum absolute atomic E-state index is 12.6. The molecule has 1 heterocycles. The van der Waals surface area contributed by atoms with E-state index in [0.29, 0.717) is 32.1 Å². The molecule has 154 valence electrons. The second-order valence-corrected chi connectivity index (χ2v) is 8.35. The first-order valence-corrected chi connectivity index (χ1v) is 9.31. The van der Waals surface area contributed by atoms with Gasteiger partial charge in [0, 0.05) is 28.1 Å². The second-order valence-electron chi connectivity index (χ2n) is 7.91. The molecule has 29 heavy (non-hydrogen) atoms. The van der Waals surface area contributed by atoms with Crippen molar-refractivity contribution in [2.45, 2.75) is 44.8 Å². The molecule has 1 aromatic heterocycles. The molecule has 9 heteroatoms. The molecule has 3 N–H and O–H groups in total. The van der Waals surface area contributed by atoms with E-state index >= 15 is 0 Å². The number of nitrogens with one attached hydrogen (secondary N) is 1. The van der Waals surface area contributed by atoms with Gasteiger partial charge in [0.15, 0.2) is 6.20 Å². The number of fused-ring (bicyclic) bond motifs is 1. The number of rotatable bonds is 3. The minimum absolute atomic E-state index is 0.0953. The van der Waals surface area contributed by atoms with Gasteiger partial charge >= 0.3 is 12.1 Å². The molecule has 3 rings (SSSR count). The Morgan fingerprint density at radius 2 is 2.00 bits per heavy atom. The van der Waals surface area contributed by atoms with Gasteiger partial charge < -0.3 is 20.2 Å². The van der Waals surface area contributed by atoms with Crippen molar-refractivity contribution in [2.24, 2.45) is 0 Å². The van der Waals surface area contributed by atoms with E-state index in [1.165, 1.54) is 0 Å². The fourth-order valence-electron chi connectivity index (χ4n) is 3.33. The predicted molar refractivity (Wildman–Crippen MR) is 106 cm³/mol. The van der Waals surface area contributed by atoms with Crippen LogP contribution in [0.5, 0.6) is 0 Å². The summed E-state index contributed by atoms with van der Waals surface area (Å²) in [7, 11) is 0. The molecule has 0 saturated heterocycles. The first kappa shape index (κ1) is 20.9. The highest BCUT2D eigenvalue weighted by Crippen LogP contribution is 2.38. The van der Waals surface area contributed by atoms with Gasteiger partial charge in [-0.1, -0.05) is 11.6 Å². The minimum atomic E-state index is -2.22. The highest BCUT2D eigenvalue weighted by molar-refractivity contribution is 6.31. The van der Waals surface area contributed by atoms with Crippen molar-refractivity contribution in [2.75, 3.05) is 5.32 Å². The van der Waals surface area contributed by atoms with Crippen LogP contribution < -0.4 is 10.0 Å². The van der Waals surface area contributed by atoms with Crippen LogP contribution >= 0.6 is 11.6 Å². The molecule has 0 aliphatic heterocycles. The molecule has 1 atom stereocenters. The lowest BCUT2D eigenvalue weighted by molar-refractivity contribution is -0.620. The van der Waals surface area contributed by atoms with Gasteiger partial charge in [-0.15, -0.1) is 0 Å². The molecule has 0 radical (unpaired) electrons. The van der Waals surface area contributed by atoms with Crippen LogP contribution in [0.15, 0.2) is 30.5 Å². The van der Waals surface area contributed by atoms with Crippen LogP contribution in [0, 0.1) is 5.21 Å². The van der Waals surface area contributed by atoms with Crippen LogP contribution in [-0.2, 0) is 21.6 Å². The maximum atomic E-state index is 12.6. The number of pyridine rings is 1. The molecular weight excluding hydrogens is 400 g/mol. The summed E-state index contributed by atoms with van der Waals surface area (Å²) >= 11 is 6.11. The Labute approximate surface area is 172 Å². The van der Waals surface area contributed by atoms with Crippen molar-refractivity contribution in [3.05, 3.63) is 51.9 Å². The molecule has 2 aromatic rings. The fourth-order valence-corrected chi connectivity index (χ4v) is 3.50. The van der Waals surface area contributed by atoms with Gasteiger partial charge in [0.05, 0.1) is 5.69 Å². The largest absolute Gasteiger partial charge is 0.618 e. The number of amides is 1. The smallest absolute Gasteiger partial charge is 0.412 e. The summed E-state index contributed by atoms with van der Waals surface area (Å²) in [6.45, 7) is 5.21. The number of halogens is 1. The Morgan fingerprint density at radius 1 is 1.31 bits per heavy atom. The molecule has 0 saturated carbocycles. The normalized spacial score (nSPS) is 18.2. The number of anilines is 1. The number of ether oxygens (including phenoxy) is 1. The van der Waals surface area contributed by atoms with E-state index in [0.717, 1.165) is 6.20 Å². The number of nitrogens with zero attached hydrogens (tertiary/aromatic N) is 1. The Kier molecular flexibility index (Phi) is 5.19. The number of aryl methyl sites for hydroxylation is 1.